The third-order valence-corrected chi connectivity index (χ3v) is 6.09. The van der Waals surface area contributed by atoms with Gasteiger partial charge in [-0.1, -0.05) is 6.07 Å². The van der Waals surface area contributed by atoms with Gasteiger partial charge in [-0.05, 0) is 54.6 Å². The second kappa shape index (κ2) is 10.7. The minimum absolute atomic E-state index is 0.101. The topological polar surface area (TPSA) is 148 Å². The molecule has 3 aromatic rings. The maximum Gasteiger partial charge on any atom is 0.270 e. The number of sulfonamides is 1. The standard InChI is InChI=1S/C23H22N4O7S/c1-26(2)22(28)15-34-20-12-10-17(11-13-20)24-23(29)16-6-8-18(9-7-16)25-35(32,33)21-5-3-4-19(14-21)27(30)31/h3-14,25H,15H2,1-2H3,(H,24,29). The number of hydrogen-bond acceptors (Lipinski definition) is 7. The molecule has 0 saturated heterocycles. The van der Waals surface area contributed by atoms with E-state index in [0.717, 1.165) is 6.07 Å². The van der Waals surface area contributed by atoms with Gasteiger partial charge in [0.1, 0.15) is 5.75 Å². The molecule has 2 amide bonds. The molecule has 0 bridgehead atoms. The quantitative estimate of drug-likeness (QED) is 0.340. The van der Waals surface area contributed by atoms with Crippen molar-refractivity contribution in [1.29, 1.82) is 0 Å². The summed E-state index contributed by atoms with van der Waals surface area (Å²) in [6.07, 6.45) is 0. The molecule has 0 radical (unpaired) electrons. The molecule has 0 aliphatic rings. The first-order chi connectivity index (χ1) is 16.5. The van der Waals surface area contributed by atoms with Crippen molar-refractivity contribution in [3.63, 3.8) is 0 Å². The summed E-state index contributed by atoms with van der Waals surface area (Å²) in [5.74, 6) is -0.133. The zero-order valence-corrected chi connectivity index (χ0v) is 19.6. The fraction of sp³-hybridized carbons (Fsp3) is 0.130. The summed E-state index contributed by atoms with van der Waals surface area (Å²) in [4.78, 5) is 35.5. The van der Waals surface area contributed by atoms with Crippen LogP contribution in [0.4, 0.5) is 17.1 Å². The molecule has 2 N–H and O–H groups in total. The molecule has 0 saturated carbocycles. The molecule has 0 heterocycles. The lowest BCUT2D eigenvalue weighted by Crippen LogP contribution is -2.27. The highest BCUT2D eigenvalue weighted by molar-refractivity contribution is 7.92. The molecule has 0 aliphatic heterocycles. The molecular formula is C23H22N4O7S. The largest absolute Gasteiger partial charge is 0.484 e. The summed E-state index contributed by atoms with van der Waals surface area (Å²) in [7, 11) is -0.805. The number of ether oxygens (including phenoxy) is 1. The van der Waals surface area contributed by atoms with Crippen LogP contribution in [-0.2, 0) is 14.8 Å². The summed E-state index contributed by atoms with van der Waals surface area (Å²) in [6.45, 7) is -0.101. The fourth-order valence-electron chi connectivity index (χ4n) is 2.78. The second-order valence-electron chi connectivity index (χ2n) is 7.49. The Morgan fingerprint density at radius 3 is 2.20 bits per heavy atom. The first-order valence-electron chi connectivity index (χ1n) is 10.2. The van der Waals surface area contributed by atoms with Crippen molar-refractivity contribution in [2.24, 2.45) is 0 Å². The van der Waals surface area contributed by atoms with Gasteiger partial charge in [-0.15, -0.1) is 0 Å². The van der Waals surface area contributed by atoms with E-state index >= 15 is 0 Å². The van der Waals surface area contributed by atoms with E-state index in [-0.39, 0.29) is 34.3 Å². The number of nitrogens with zero attached hydrogens (tertiary/aromatic N) is 2. The number of non-ortho nitro benzene ring substituents is 1. The van der Waals surface area contributed by atoms with Gasteiger partial charge < -0.3 is 15.0 Å². The zero-order valence-electron chi connectivity index (χ0n) is 18.8. The number of carbonyl (C=O) groups is 2. The Kier molecular flexibility index (Phi) is 7.66. The number of nitro benzene ring substituents is 1. The van der Waals surface area contributed by atoms with Crippen LogP contribution < -0.4 is 14.8 Å². The smallest absolute Gasteiger partial charge is 0.270 e. The molecular weight excluding hydrogens is 476 g/mol. The number of anilines is 2. The lowest BCUT2D eigenvalue weighted by Gasteiger charge is -2.12. The van der Waals surface area contributed by atoms with Gasteiger partial charge in [0.25, 0.3) is 27.5 Å². The number of nitrogens with one attached hydrogen (secondary N) is 2. The predicted octanol–water partition coefficient (Wildman–Crippen LogP) is 3.11. The number of benzene rings is 3. The molecule has 12 heteroatoms. The van der Waals surface area contributed by atoms with E-state index in [1.165, 1.54) is 47.4 Å². The Bertz CT molecular complexity index is 1340. The van der Waals surface area contributed by atoms with Crippen molar-refractivity contribution in [3.8, 4) is 5.75 Å². The van der Waals surface area contributed by atoms with Crippen molar-refractivity contribution in [2.75, 3.05) is 30.7 Å². The van der Waals surface area contributed by atoms with Crippen molar-refractivity contribution in [2.45, 2.75) is 4.90 Å². The zero-order chi connectivity index (χ0) is 25.6. The summed E-state index contributed by atoms with van der Waals surface area (Å²) >= 11 is 0. The number of likely N-dealkylation sites (N-methyl/N-ethyl adjacent to an activating group) is 1. The highest BCUT2D eigenvalue weighted by atomic mass is 32.2. The molecule has 11 nitrogen and oxygen atoms in total. The van der Waals surface area contributed by atoms with Gasteiger partial charge in [-0.25, -0.2) is 8.42 Å². The molecule has 0 spiro atoms. The Labute approximate surface area is 201 Å². The van der Waals surface area contributed by atoms with Crippen molar-refractivity contribution >= 4 is 38.9 Å². The maximum atomic E-state index is 12.5. The van der Waals surface area contributed by atoms with E-state index in [9.17, 15) is 28.1 Å². The molecule has 35 heavy (non-hydrogen) atoms. The molecule has 3 rings (SSSR count). The van der Waals surface area contributed by atoms with Gasteiger partial charge in [-0.2, -0.15) is 0 Å². The van der Waals surface area contributed by atoms with E-state index in [1.807, 2.05) is 0 Å². The molecule has 3 aromatic carbocycles. The number of amides is 2. The van der Waals surface area contributed by atoms with Gasteiger partial charge in [0.15, 0.2) is 6.61 Å². The first kappa shape index (κ1) is 25.2. The third-order valence-electron chi connectivity index (χ3n) is 4.71. The Morgan fingerprint density at radius 1 is 0.971 bits per heavy atom. The number of rotatable bonds is 9. The van der Waals surface area contributed by atoms with E-state index in [1.54, 1.807) is 38.4 Å². The van der Waals surface area contributed by atoms with Crippen molar-refractivity contribution in [1.82, 2.24) is 4.90 Å². The van der Waals surface area contributed by atoms with Crippen LogP contribution in [0.1, 0.15) is 10.4 Å². The average Bonchev–Trinajstić information content (AvgIpc) is 2.83. The van der Waals surface area contributed by atoms with Crippen LogP contribution in [0.25, 0.3) is 0 Å². The third kappa shape index (κ3) is 6.77. The van der Waals surface area contributed by atoms with Crippen molar-refractivity contribution < 1.29 is 27.7 Å². The fourth-order valence-corrected chi connectivity index (χ4v) is 3.88. The highest BCUT2D eigenvalue weighted by Gasteiger charge is 2.18. The minimum Gasteiger partial charge on any atom is -0.484 e. The number of carbonyl (C=O) groups excluding carboxylic acids is 2. The summed E-state index contributed by atoms with van der Waals surface area (Å²) in [5, 5.41) is 13.6. The van der Waals surface area contributed by atoms with Crippen LogP contribution in [0, 0.1) is 10.1 Å². The molecule has 0 aromatic heterocycles. The van der Waals surface area contributed by atoms with E-state index in [4.69, 9.17) is 4.74 Å². The molecule has 0 aliphatic carbocycles. The highest BCUT2D eigenvalue weighted by Crippen LogP contribution is 2.21. The van der Waals surface area contributed by atoms with Gasteiger partial charge in [0, 0.05) is 43.2 Å². The SMILES string of the molecule is CN(C)C(=O)COc1ccc(NC(=O)c2ccc(NS(=O)(=O)c3cccc([N+](=O)[O-])c3)cc2)cc1. The monoisotopic (exact) mass is 498 g/mol. The second-order valence-corrected chi connectivity index (χ2v) is 9.18. The Balaban J connectivity index is 1.61. The van der Waals surface area contributed by atoms with Gasteiger partial charge in [0.2, 0.25) is 0 Å². The van der Waals surface area contributed by atoms with Gasteiger partial charge in [0.05, 0.1) is 9.82 Å². The minimum atomic E-state index is -4.06. The van der Waals surface area contributed by atoms with Gasteiger partial charge >= 0.3 is 0 Å². The molecule has 0 unspecified atom stereocenters. The normalized spacial score (nSPS) is 10.8. The van der Waals surface area contributed by atoms with Gasteiger partial charge in [-0.3, -0.25) is 24.4 Å². The van der Waals surface area contributed by atoms with Crippen LogP contribution in [0.2, 0.25) is 0 Å². The van der Waals surface area contributed by atoms with E-state index in [0.29, 0.717) is 11.4 Å². The van der Waals surface area contributed by atoms with Crippen LogP contribution >= 0.6 is 0 Å². The maximum absolute atomic E-state index is 12.5. The van der Waals surface area contributed by atoms with E-state index < -0.39 is 20.9 Å². The van der Waals surface area contributed by atoms with Crippen LogP contribution in [0.5, 0.6) is 5.75 Å². The first-order valence-corrected chi connectivity index (χ1v) is 11.7. The molecule has 0 atom stereocenters. The average molecular weight is 499 g/mol. The molecule has 182 valence electrons. The van der Waals surface area contributed by atoms with Crippen LogP contribution in [0.15, 0.2) is 77.7 Å². The Hall–Kier alpha value is -4.45. The number of nitro groups is 1. The number of hydrogen-bond donors (Lipinski definition) is 2. The lowest BCUT2D eigenvalue weighted by atomic mass is 10.2. The predicted molar refractivity (Wildman–Crippen MR) is 129 cm³/mol. The summed E-state index contributed by atoms with van der Waals surface area (Å²) < 4.78 is 32.8. The van der Waals surface area contributed by atoms with E-state index in [2.05, 4.69) is 10.0 Å². The Morgan fingerprint density at radius 2 is 1.60 bits per heavy atom. The molecule has 0 fully saturated rings. The summed E-state index contributed by atoms with van der Waals surface area (Å²) in [6, 6.07) is 16.8. The van der Waals surface area contributed by atoms with Crippen LogP contribution in [-0.4, -0.2) is 50.8 Å². The van der Waals surface area contributed by atoms with Crippen molar-refractivity contribution in [3.05, 3.63) is 88.5 Å². The summed E-state index contributed by atoms with van der Waals surface area (Å²) in [5.41, 5.74) is 0.611. The van der Waals surface area contributed by atoms with Crippen LogP contribution in [0.3, 0.4) is 0 Å². The lowest BCUT2D eigenvalue weighted by molar-refractivity contribution is -0.385.